The largest absolute Gasteiger partial charge is 0.258 e. The first-order valence-corrected chi connectivity index (χ1v) is 3.49. The van der Waals surface area contributed by atoms with Crippen LogP contribution in [-0.2, 0) is 15.2 Å². The maximum Gasteiger partial charge on any atom is 0.258 e. The molecule has 0 aromatic rings. The van der Waals surface area contributed by atoms with Gasteiger partial charge in [0.25, 0.3) is 11.0 Å². The van der Waals surface area contributed by atoms with Crippen molar-refractivity contribution in [2.75, 3.05) is 0 Å². The number of thiol groups is 1. The third-order valence-electron chi connectivity index (χ3n) is 0.592. The lowest BCUT2D eigenvalue weighted by molar-refractivity contribution is 0.297. The highest BCUT2D eigenvalue weighted by Crippen LogP contribution is 1.85. The average Bonchev–Trinajstić information content (AvgIpc) is 1.63. The Morgan fingerprint density at radius 2 is 2.11 bits per heavy atom. The van der Waals surface area contributed by atoms with Gasteiger partial charge in [-0.25, -0.2) is 8.42 Å². The van der Waals surface area contributed by atoms with Crippen LogP contribution < -0.4 is 0 Å². The molecule has 0 N–H and O–H groups in total. The monoisotopic (exact) mass is 148 g/mol. The molecule has 1 unspecified atom stereocenters. The molecule has 0 aliphatic rings. The van der Waals surface area contributed by atoms with Gasteiger partial charge in [-0.1, -0.05) is 5.92 Å². The van der Waals surface area contributed by atoms with E-state index in [1.165, 1.54) is 0 Å². The Kier molecular flexibility index (Phi) is 4.10. The highest BCUT2D eigenvalue weighted by molar-refractivity contribution is 7.67. The highest BCUT2D eigenvalue weighted by atomic mass is 32.2. The van der Waals surface area contributed by atoms with Crippen LogP contribution in [0.2, 0.25) is 0 Å². The Morgan fingerprint density at radius 3 is 2.44 bits per heavy atom. The summed E-state index contributed by atoms with van der Waals surface area (Å²) < 4.78 is 23.9. The Balaban J connectivity index is 3.72. The quantitative estimate of drug-likeness (QED) is 0.440. The molecule has 0 saturated carbocycles. The Bertz CT molecular complexity index is 188. The van der Waals surface area contributed by atoms with Crippen molar-refractivity contribution in [3.05, 3.63) is 0 Å². The SMILES string of the molecule is CC#CC(C)O[SH](=O)=O. The fraction of sp³-hybridized carbons (Fsp3) is 0.600. The van der Waals surface area contributed by atoms with Gasteiger partial charge >= 0.3 is 0 Å². The van der Waals surface area contributed by atoms with Crippen LogP contribution >= 0.6 is 0 Å². The molecule has 0 aliphatic carbocycles. The summed E-state index contributed by atoms with van der Waals surface area (Å²) in [6, 6.07) is 0. The molecule has 0 spiro atoms. The molecule has 0 heterocycles. The minimum atomic E-state index is -2.75. The zero-order chi connectivity index (χ0) is 7.28. The molecular weight excluding hydrogens is 140 g/mol. The number of hydrogen-bond acceptors (Lipinski definition) is 3. The maximum absolute atomic E-state index is 9.83. The van der Waals surface area contributed by atoms with Crippen LogP contribution in [0.5, 0.6) is 0 Å². The average molecular weight is 148 g/mol. The first kappa shape index (κ1) is 8.47. The summed E-state index contributed by atoms with van der Waals surface area (Å²) in [5, 5.41) is 0. The van der Waals surface area contributed by atoms with Gasteiger partial charge in [-0.3, -0.25) is 4.18 Å². The molecule has 0 amide bonds. The summed E-state index contributed by atoms with van der Waals surface area (Å²) in [7, 11) is -2.75. The molecule has 0 aromatic carbocycles. The van der Waals surface area contributed by atoms with Gasteiger partial charge in [0.15, 0.2) is 0 Å². The van der Waals surface area contributed by atoms with Crippen LogP contribution in [0.3, 0.4) is 0 Å². The van der Waals surface area contributed by atoms with E-state index in [0.29, 0.717) is 0 Å². The molecule has 9 heavy (non-hydrogen) atoms. The third-order valence-corrected chi connectivity index (χ3v) is 1.08. The van der Waals surface area contributed by atoms with Crippen molar-refractivity contribution < 1.29 is 12.6 Å². The lowest BCUT2D eigenvalue weighted by Gasteiger charge is -1.94. The Morgan fingerprint density at radius 1 is 1.56 bits per heavy atom. The van der Waals surface area contributed by atoms with Crippen LogP contribution in [0.25, 0.3) is 0 Å². The summed E-state index contributed by atoms with van der Waals surface area (Å²) in [6.45, 7) is 3.19. The molecule has 0 rings (SSSR count). The zero-order valence-corrected chi connectivity index (χ0v) is 6.14. The van der Waals surface area contributed by atoms with Crippen molar-refractivity contribution in [2.45, 2.75) is 20.0 Å². The third kappa shape index (κ3) is 5.34. The molecular formula is C5H8O3S. The van der Waals surface area contributed by atoms with E-state index in [9.17, 15) is 8.42 Å². The van der Waals surface area contributed by atoms with E-state index in [1.807, 2.05) is 0 Å². The minimum absolute atomic E-state index is 0.517. The maximum atomic E-state index is 9.83. The van der Waals surface area contributed by atoms with E-state index in [0.717, 1.165) is 0 Å². The summed E-state index contributed by atoms with van der Waals surface area (Å²) in [4.78, 5) is 0. The van der Waals surface area contributed by atoms with Crippen LogP contribution in [-0.4, -0.2) is 14.5 Å². The van der Waals surface area contributed by atoms with Crippen LogP contribution in [0.1, 0.15) is 13.8 Å². The van der Waals surface area contributed by atoms with Crippen molar-refractivity contribution in [3.63, 3.8) is 0 Å². The summed E-state index contributed by atoms with van der Waals surface area (Å²) >= 11 is 0. The fourth-order valence-corrected chi connectivity index (χ4v) is 0.670. The second-order valence-corrected chi connectivity index (χ2v) is 2.02. The normalized spacial score (nSPS) is 12.3. The molecule has 0 aliphatic heterocycles. The first-order chi connectivity index (χ1) is 4.16. The molecule has 0 fully saturated rings. The van der Waals surface area contributed by atoms with Crippen LogP contribution in [0, 0.1) is 11.8 Å². The molecule has 0 radical (unpaired) electrons. The standard InChI is InChI=1S/C5H8O3S/c1-3-4-5(2)8-9(6)7/h5,9H,1-2H3. The van der Waals surface area contributed by atoms with Gasteiger partial charge < -0.3 is 0 Å². The van der Waals surface area contributed by atoms with Crippen molar-refractivity contribution in [2.24, 2.45) is 0 Å². The molecule has 0 saturated heterocycles. The van der Waals surface area contributed by atoms with Gasteiger partial charge in [0, 0.05) is 0 Å². The van der Waals surface area contributed by atoms with E-state index in [2.05, 4.69) is 16.0 Å². The molecule has 3 nitrogen and oxygen atoms in total. The van der Waals surface area contributed by atoms with Gasteiger partial charge in [-0.05, 0) is 13.8 Å². The van der Waals surface area contributed by atoms with Crippen molar-refractivity contribution >= 4 is 11.0 Å². The van der Waals surface area contributed by atoms with E-state index >= 15 is 0 Å². The van der Waals surface area contributed by atoms with E-state index in [4.69, 9.17) is 0 Å². The van der Waals surface area contributed by atoms with Gasteiger partial charge in [0.2, 0.25) is 0 Å². The Labute approximate surface area is 56.2 Å². The van der Waals surface area contributed by atoms with E-state index in [1.54, 1.807) is 13.8 Å². The second kappa shape index (κ2) is 4.36. The van der Waals surface area contributed by atoms with Crippen molar-refractivity contribution in [1.82, 2.24) is 0 Å². The van der Waals surface area contributed by atoms with Gasteiger partial charge in [-0.15, -0.1) is 5.92 Å². The molecule has 4 heteroatoms. The zero-order valence-electron chi connectivity index (χ0n) is 5.25. The number of rotatable bonds is 2. The molecule has 0 aromatic heterocycles. The lowest BCUT2D eigenvalue weighted by atomic mass is 10.4. The predicted octanol–water partition coefficient (Wildman–Crippen LogP) is -0.0588. The minimum Gasteiger partial charge on any atom is -0.256 e. The van der Waals surface area contributed by atoms with Gasteiger partial charge in [0.05, 0.1) is 0 Å². The highest BCUT2D eigenvalue weighted by Gasteiger charge is 1.94. The smallest absolute Gasteiger partial charge is 0.256 e. The van der Waals surface area contributed by atoms with Gasteiger partial charge in [-0.2, -0.15) is 0 Å². The first-order valence-electron chi connectivity index (χ1n) is 2.40. The molecule has 0 bridgehead atoms. The number of hydrogen-bond donors (Lipinski definition) is 1. The predicted molar refractivity (Wildman–Crippen MR) is 34.3 cm³/mol. The summed E-state index contributed by atoms with van der Waals surface area (Å²) in [5.74, 6) is 5.05. The van der Waals surface area contributed by atoms with Crippen LogP contribution in [0.4, 0.5) is 0 Å². The van der Waals surface area contributed by atoms with E-state index in [-0.39, 0.29) is 0 Å². The van der Waals surface area contributed by atoms with Crippen LogP contribution in [0.15, 0.2) is 0 Å². The Hall–Kier alpha value is -0.530. The molecule has 52 valence electrons. The lowest BCUT2D eigenvalue weighted by Crippen LogP contribution is -2.02. The summed E-state index contributed by atoms with van der Waals surface area (Å²) in [6.07, 6.45) is -0.517. The fourth-order valence-electron chi connectivity index (χ4n) is 0.359. The van der Waals surface area contributed by atoms with Crippen molar-refractivity contribution in [1.29, 1.82) is 0 Å². The molecule has 1 atom stereocenters. The second-order valence-electron chi connectivity index (χ2n) is 1.37. The van der Waals surface area contributed by atoms with Gasteiger partial charge in [0.1, 0.15) is 6.10 Å². The topological polar surface area (TPSA) is 43.4 Å². The summed E-state index contributed by atoms with van der Waals surface area (Å²) in [5.41, 5.74) is 0. The van der Waals surface area contributed by atoms with E-state index < -0.39 is 17.1 Å². The van der Waals surface area contributed by atoms with Crippen molar-refractivity contribution in [3.8, 4) is 11.8 Å².